The summed E-state index contributed by atoms with van der Waals surface area (Å²) in [6, 6.07) is 5.86. The summed E-state index contributed by atoms with van der Waals surface area (Å²) in [4.78, 5) is 18.0. The molecule has 1 aromatic carbocycles. The highest BCUT2D eigenvalue weighted by Crippen LogP contribution is 2.30. The van der Waals surface area contributed by atoms with E-state index in [1.54, 1.807) is 14.1 Å². The van der Waals surface area contributed by atoms with E-state index in [9.17, 15) is 4.79 Å². The van der Waals surface area contributed by atoms with E-state index in [2.05, 4.69) is 15.6 Å². The van der Waals surface area contributed by atoms with Crippen molar-refractivity contribution in [3.05, 3.63) is 23.8 Å². The first kappa shape index (κ1) is 27.3. The summed E-state index contributed by atoms with van der Waals surface area (Å²) >= 11 is 0. The molecular formula is C22H37IN4O4. The lowest BCUT2D eigenvalue weighted by atomic mass is 10.1. The number of rotatable bonds is 10. The number of carbonyl (C=O) groups excluding carboxylic acids is 1. The van der Waals surface area contributed by atoms with Crippen LogP contribution in [0.5, 0.6) is 11.5 Å². The summed E-state index contributed by atoms with van der Waals surface area (Å²) in [5, 5.41) is 6.70. The molecule has 1 heterocycles. The van der Waals surface area contributed by atoms with E-state index in [0.717, 1.165) is 36.5 Å². The number of hydrogen-bond donors (Lipinski definition) is 2. The number of halogens is 1. The van der Waals surface area contributed by atoms with Gasteiger partial charge in [0.1, 0.15) is 6.54 Å². The Morgan fingerprint density at radius 2 is 1.97 bits per heavy atom. The average molecular weight is 548 g/mol. The van der Waals surface area contributed by atoms with Gasteiger partial charge in [-0.25, -0.2) is 4.99 Å². The average Bonchev–Trinajstić information content (AvgIpc) is 3.24. The lowest BCUT2D eigenvalue weighted by Gasteiger charge is -2.21. The molecule has 2 unspecified atom stereocenters. The van der Waals surface area contributed by atoms with Crippen LogP contribution in [0.4, 0.5) is 0 Å². The number of aliphatic imine (C=N–C) groups is 1. The van der Waals surface area contributed by atoms with Gasteiger partial charge in [0.05, 0.1) is 25.4 Å². The zero-order chi connectivity index (χ0) is 21.9. The van der Waals surface area contributed by atoms with Crippen molar-refractivity contribution in [2.45, 2.75) is 45.8 Å². The van der Waals surface area contributed by atoms with Gasteiger partial charge in [-0.3, -0.25) is 4.79 Å². The molecule has 0 radical (unpaired) electrons. The lowest BCUT2D eigenvalue weighted by Crippen LogP contribution is -2.42. The van der Waals surface area contributed by atoms with E-state index in [0.29, 0.717) is 25.7 Å². The van der Waals surface area contributed by atoms with Crippen LogP contribution < -0.4 is 20.1 Å². The summed E-state index contributed by atoms with van der Waals surface area (Å²) < 4.78 is 17.1. The molecule has 1 aliphatic rings. The highest BCUT2D eigenvalue weighted by molar-refractivity contribution is 14.0. The van der Waals surface area contributed by atoms with Crippen LogP contribution in [0, 0.1) is 0 Å². The minimum absolute atomic E-state index is 0. The SMILES string of the molecule is CCOc1ccc(C(C)NC(=NCC(=O)N(C)C)NCC2CCCO2)cc1OCC.I. The van der Waals surface area contributed by atoms with Gasteiger partial charge in [0, 0.05) is 27.2 Å². The van der Waals surface area contributed by atoms with Crippen molar-refractivity contribution in [3.63, 3.8) is 0 Å². The van der Waals surface area contributed by atoms with Gasteiger partial charge in [-0.2, -0.15) is 0 Å². The van der Waals surface area contributed by atoms with E-state index < -0.39 is 0 Å². The fourth-order valence-corrected chi connectivity index (χ4v) is 3.08. The van der Waals surface area contributed by atoms with Crippen molar-refractivity contribution in [1.29, 1.82) is 0 Å². The van der Waals surface area contributed by atoms with Gasteiger partial charge in [0.15, 0.2) is 17.5 Å². The highest BCUT2D eigenvalue weighted by atomic mass is 127. The topological polar surface area (TPSA) is 84.4 Å². The molecule has 0 spiro atoms. The molecule has 2 rings (SSSR count). The summed E-state index contributed by atoms with van der Waals surface area (Å²) in [6.07, 6.45) is 2.28. The molecule has 31 heavy (non-hydrogen) atoms. The molecule has 1 saturated heterocycles. The van der Waals surface area contributed by atoms with E-state index in [1.165, 1.54) is 4.90 Å². The molecule has 1 fully saturated rings. The Bertz CT molecular complexity index is 709. The molecule has 1 aliphatic heterocycles. The van der Waals surface area contributed by atoms with Crippen LogP contribution in [-0.2, 0) is 9.53 Å². The number of amides is 1. The molecule has 0 aromatic heterocycles. The van der Waals surface area contributed by atoms with Gasteiger partial charge in [0.25, 0.3) is 0 Å². The van der Waals surface area contributed by atoms with Crippen molar-refractivity contribution in [2.24, 2.45) is 4.99 Å². The summed E-state index contributed by atoms with van der Waals surface area (Å²) in [5.74, 6) is 1.98. The molecule has 2 N–H and O–H groups in total. The molecule has 8 nitrogen and oxygen atoms in total. The van der Waals surface area contributed by atoms with Crippen molar-refractivity contribution < 1.29 is 19.0 Å². The molecule has 176 valence electrons. The van der Waals surface area contributed by atoms with Crippen molar-refractivity contribution >= 4 is 35.8 Å². The molecule has 0 aliphatic carbocycles. The summed E-state index contributed by atoms with van der Waals surface area (Å²) in [7, 11) is 3.45. The largest absolute Gasteiger partial charge is 0.490 e. The van der Waals surface area contributed by atoms with Crippen LogP contribution in [0.15, 0.2) is 23.2 Å². The zero-order valence-electron chi connectivity index (χ0n) is 19.3. The van der Waals surface area contributed by atoms with Crippen LogP contribution >= 0.6 is 24.0 Å². The summed E-state index contributed by atoms with van der Waals surface area (Å²) in [5.41, 5.74) is 1.03. The quantitative estimate of drug-likeness (QED) is 0.266. The Hall–Kier alpha value is -1.75. The highest BCUT2D eigenvalue weighted by Gasteiger charge is 2.17. The summed E-state index contributed by atoms with van der Waals surface area (Å²) in [6.45, 7) is 8.62. The third-order valence-electron chi connectivity index (χ3n) is 4.81. The van der Waals surface area contributed by atoms with E-state index in [4.69, 9.17) is 14.2 Å². The Balaban J connectivity index is 0.00000480. The first-order valence-electron chi connectivity index (χ1n) is 10.7. The second-order valence-corrected chi connectivity index (χ2v) is 7.41. The second-order valence-electron chi connectivity index (χ2n) is 7.41. The first-order valence-corrected chi connectivity index (χ1v) is 10.7. The van der Waals surface area contributed by atoms with Crippen molar-refractivity contribution in [3.8, 4) is 11.5 Å². The molecular weight excluding hydrogens is 511 g/mol. The Morgan fingerprint density at radius 1 is 1.26 bits per heavy atom. The number of carbonyl (C=O) groups is 1. The number of likely N-dealkylation sites (N-methyl/N-ethyl adjacent to an activating group) is 1. The third kappa shape index (κ3) is 9.10. The van der Waals surface area contributed by atoms with Crippen molar-refractivity contribution in [2.75, 3.05) is 47.0 Å². The number of benzene rings is 1. The van der Waals surface area contributed by atoms with Crippen LogP contribution in [0.3, 0.4) is 0 Å². The lowest BCUT2D eigenvalue weighted by molar-refractivity contribution is -0.127. The smallest absolute Gasteiger partial charge is 0.243 e. The predicted octanol–water partition coefficient (Wildman–Crippen LogP) is 2.97. The molecule has 0 bridgehead atoms. The Kier molecular flexibility index (Phi) is 12.6. The number of ether oxygens (including phenoxy) is 3. The Labute approximate surface area is 203 Å². The van der Waals surface area contributed by atoms with Crippen LogP contribution in [0.2, 0.25) is 0 Å². The fourth-order valence-electron chi connectivity index (χ4n) is 3.08. The van der Waals surface area contributed by atoms with Gasteiger partial charge < -0.3 is 29.7 Å². The van der Waals surface area contributed by atoms with Crippen LogP contribution in [0.1, 0.15) is 45.2 Å². The van der Waals surface area contributed by atoms with Crippen LogP contribution in [0.25, 0.3) is 0 Å². The number of hydrogen-bond acceptors (Lipinski definition) is 5. The van der Waals surface area contributed by atoms with E-state index >= 15 is 0 Å². The number of nitrogens with zero attached hydrogens (tertiary/aromatic N) is 2. The molecule has 1 aromatic rings. The first-order chi connectivity index (χ1) is 14.4. The maximum atomic E-state index is 12.0. The number of nitrogens with one attached hydrogen (secondary N) is 2. The van der Waals surface area contributed by atoms with Gasteiger partial charge in [-0.15, -0.1) is 24.0 Å². The van der Waals surface area contributed by atoms with Crippen LogP contribution in [-0.4, -0.2) is 69.9 Å². The fraction of sp³-hybridized carbons (Fsp3) is 0.636. The van der Waals surface area contributed by atoms with E-state index in [1.807, 2.05) is 39.0 Å². The minimum atomic E-state index is -0.0550. The monoisotopic (exact) mass is 548 g/mol. The maximum Gasteiger partial charge on any atom is 0.243 e. The third-order valence-corrected chi connectivity index (χ3v) is 4.81. The molecule has 0 saturated carbocycles. The van der Waals surface area contributed by atoms with Crippen molar-refractivity contribution in [1.82, 2.24) is 15.5 Å². The second kappa shape index (κ2) is 14.3. The number of guanidine groups is 1. The maximum absolute atomic E-state index is 12.0. The van der Waals surface area contributed by atoms with Gasteiger partial charge in [0.2, 0.25) is 5.91 Å². The minimum Gasteiger partial charge on any atom is -0.490 e. The molecule has 9 heteroatoms. The zero-order valence-corrected chi connectivity index (χ0v) is 21.6. The molecule has 1 amide bonds. The standard InChI is InChI=1S/C22H36N4O4.HI/c1-6-28-19-11-10-17(13-20(19)29-7-2)16(3)25-22(24-15-21(27)26(4)5)23-14-18-9-8-12-30-18;/h10-11,13,16,18H,6-9,12,14-15H2,1-5H3,(H2,23,24,25);1H. The van der Waals surface area contributed by atoms with E-state index in [-0.39, 0.29) is 48.6 Å². The van der Waals surface area contributed by atoms with Gasteiger partial charge in [-0.1, -0.05) is 6.07 Å². The molecule has 2 atom stereocenters. The predicted molar refractivity (Wildman–Crippen MR) is 134 cm³/mol. The Morgan fingerprint density at radius 3 is 2.58 bits per heavy atom. The van der Waals surface area contributed by atoms with Gasteiger partial charge >= 0.3 is 0 Å². The van der Waals surface area contributed by atoms with Gasteiger partial charge in [-0.05, 0) is 51.3 Å². The normalized spacial score (nSPS) is 16.8.